The van der Waals surface area contributed by atoms with Gasteiger partial charge in [0, 0.05) is 0 Å². The van der Waals surface area contributed by atoms with Crippen molar-refractivity contribution in [3.63, 3.8) is 0 Å². The van der Waals surface area contributed by atoms with Crippen LogP contribution in [0.3, 0.4) is 0 Å². The summed E-state index contributed by atoms with van der Waals surface area (Å²) in [6, 6.07) is 17.1. The van der Waals surface area contributed by atoms with E-state index in [2.05, 4.69) is 5.16 Å². The Bertz CT molecular complexity index is 871. The van der Waals surface area contributed by atoms with Gasteiger partial charge in [-0.2, -0.15) is 8.42 Å². The molecule has 0 saturated heterocycles. The fourth-order valence-corrected chi connectivity index (χ4v) is 2.99. The maximum atomic E-state index is 12.3. The van der Waals surface area contributed by atoms with Gasteiger partial charge in [0.05, 0.1) is 5.56 Å². The molecule has 6 heteroatoms. The molecule has 0 atom stereocenters. The van der Waals surface area contributed by atoms with Crippen molar-refractivity contribution in [1.29, 1.82) is 0 Å². The van der Waals surface area contributed by atoms with E-state index in [9.17, 15) is 8.42 Å². The first-order valence-electron chi connectivity index (χ1n) is 6.59. The summed E-state index contributed by atoms with van der Waals surface area (Å²) in [5.74, 6) is 0.428. The summed E-state index contributed by atoms with van der Waals surface area (Å²) in [6.45, 7) is 1.71. The van der Waals surface area contributed by atoms with Gasteiger partial charge in [0.1, 0.15) is 10.7 Å². The Morgan fingerprint density at radius 1 is 0.955 bits per heavy atom. The fourth-order valence-electron chi connectivity index (χ4n) is 2.08. The minimum Gasteiger partial charge on any atom is -0.357 e. The Morgan fingerprint density at radius 2 is 1.55 bits per heavy atom. The summed E-state index contributed by atoms with van der Waals surface area (Å²) in [5.41, 5.74) is 1.31. The fraction of sp³-hybridized carbons (Fsp3) is 0.0625. The van der Waals surface area contributed by atoms with Crippen LogP contribution in [0, 0.1) is 6.92 Å². The highest BCUT2D eigenvalue weighted by molar-refractivity contribution is 7.87. The molecule has 3 rings (SSSR count). The lowest BCUT2D eigenvalue weighted by Crippen LogP contribution is -2.10. The van der Waals surface area contributed by atoms with Crippen LogP contribution in [-0.4, -0.2) is 13.6 Å². The van der Waals surface area contributed by atoms with Crippen LogP contribution < -0.4 is 4.18 Å². The minimum absolute atomic E-state index is 0.0625. The molecule has 112 valence electrons. The first-order valence-corrected chi connectivity index (χ1v) is 8.00. The van der Waals surface area contributed by atoms with Crippen molar-refractivity contribution in [2.75, 3.05) is 0 Å². The molecule has 1 heterocycles. The lowest BCUT2D eigenvalue weighted by molar-refractivity contribution is 0.368. The Balaban J connectivity index is 2.01. The Labute approximate surface area is 128 Å². The molecule has 2 aromatic carbocycles. The molecule has 0 aliphatic carbocycles. The maximum Gasteiger partial charge on any atom is 0.340 e. The van der Waals surface area contributed by atoms with Gasteiger partial charge in [-0.3, -0.25) is 0 Å². The third kappa shape index (κ3) is 2.73. The van der Waals surface area contributed by atoms with E-state index in [0.717, 1.165) is 5.56 Å². The number of aromatic nitrogens is 1. The topological polar surface area (TPSA) is 69.4 Å². The van der Waals surface area contributed by atoms with E-state index in [0.29, 0.717) is 11.3 Å². The van der Waals surface area contributed by atoms with Crippen molar-refractivity contribution in [1.82, 2.24) is 5.16 Å². The van der Waals surface area contributed by atoms with Crippen LogP contribution in [-0.2, 0) is 10.1 Å². The summed E-state index contributed by atoms with van der Waals surface area (Å²) in [4.78, 5) is 0.0645. The average Bonchev–Trinajstić information content (AvgIpc) is 2.89. The molecule has 5 nitrogen and oxygen atoms in total. The molecule has 0 bridgehead atoms. The van der Waals surface area contributed by atoms with E-state index in [1.807, 2.05) is 30.3 Å². The zero-order valence-electron chi connectivity index (χ0n) is 11.8. The predicted octanol–water partition coefficient (Wildman–Crippen LogP) is 3.42. The quantitative estimate of drug-likeness (QED) is 0.690. The van der Waals surface area contributed by atoms with E-state index in [4.69, 9.17) is 8.71 Å². The van der Waals surface area contributed by atoms with Crippen molar-refractivity contribution in [2.45, 2.75) is 11.8 Å². The Kier molecular flexibility index (Phi) is 3.68. The average molecular weight is 315 g/mol. The number of nitrogens with zero attached hydrogens (tertiary/aromatic N) is 1. The van der Waals surface area contributed by atoms with Crippen molar-refractivity contribution in [3.8, 4) is 17.0 Å². The van der Waals surface area contributed by atoms with E-state index in [1.165, 1.54) is 12.1 Å². The summed E-state index contributed by atoms with van der Waals surface area (Å²) >= 11 is 0. The molecule has 0 spiro atoms. The predicted molar refractivity (Wildman–Crippen MR) is 80.9 cm³/mol. The largest absolute Gasteiger partial charge is 0.357 e. The molecule has 22 heavy (non-hydrogen) atoms. The molecule has 0 amide bonds. The second-order valence-corrected chi connectivity index (χ2v) is 6.18. The van der Waals surface area contributed by atoms with Gasteiger partial charge in [-0.1, -0.05) is 48.5 Å². The van der Waals surface area contributed by atoms with E-state index in [-0.39, 0.29) is 10.8 Å². The van der Waals surface area contributed by atoms with Crippen molar-refractivity contribution in [2.24, 2.45) is 0 Å². The third-order valence-electron chi connectivity index (χ3n) is 3.11. The zero-order valence-corrected chi connectivity index (χ0v) is 12.6. The number of rotatable bonds is 4. The molecule has 1 aromatic heterocycles. The number of hydrogen-bond acceptors (Lipinski definition) is 5. The van der Waals surface area contributed by atoms with Gasteiger partial charge in [-0.25, -0.2) is 0 Å². The van der Waals surface area contributed by atoms with Crippen LogP contribution in [0.25, 0.3) is 11.1 Å². The summed E-state index contributed by atoms with van der Waals surface area (Å²) in [7, 11) is -3.95. The molecule has 0 unspecified atom stereocenters. The normalized spacial score (nSPS) is 11.3. The molecular weight excluding hydrogens is 302 g/mol. The van der Waals surface area contributed by atoms with E-state index >= 15 is 0 Å². The standard InChI is InChI=1S/C16H13NO4S/c1-12-15(13-8-4-2-5-9-13)16(17-20-12)21-22(18,19)14-10-6-3-7-11-14/h2-11H,1H3. The molecule has 0 aliphatic heterocycles. The van der Waals surface area contributed by atoms with Crippen LogP contribution in [0.5, 0.6) is 5.88 Å². The molecule has 0 saturated carbocycles. The number of benzene rings is 2. The molecule has 0 fully saturated rings. The summed E-state index contributed by atoms with van der Waals surface area (Å²) in [6.07, 6.45) is 0. The summed E-state index contributed by atoms with van der Waals surface area (Å²) in [5, 5.41) is 3.73. The molecule has 0 radical (unpaired) electrons. The van der Waals surface area contributed by atoms with E-state index in [1.54, 1.807) is 25.1 Å². The van der Waals surface area contributed by atoms with Gasteiger partial charge >= 0.3 is 10.1 Å². The Hall–Kier alpha value is -2.60. The number of aryl methyl sites for hydroxylation is 1. The SMILES string of the molecule is Cc1onc(OS(=O)(=O)c2ccccc2)c1-c1ccccc1. The van der Waals surface area contributed by atoms with Crippen LogP contribution in [0.2, 0.25) is 0 Å². The van der Waals surface area contributed by atoms with Gasteiger partial charge in [-0.05, 0) is 29.8 Å². The van der Waals surface area contributed by atoms with Crippen molar-refractivity contribution >= 4 is 10.1 Å². The number of hydrogen-bond donors (Lipinski definition) is 0. The van der Waals surface area contributed by atoms with Crippen LogP contribution in [0.1, 0.15) is 5.76 Å². The smallest absolute Gasteiger partial charge is 0.340 e. The third-order valence-corrected chi connectivity index (χ3v) is 4.34. The van der Waals surface area contributed by atoms with Crippen molar-refractivity contribution in [3.05, 3.63) is 66.4 Å². The molecule has 0 aliphatic rings. The molecule has 0 N–H and O–H groups in total. The second kappa shape index (κ2) is 5.65. The van der Waals surface area contributed by atoms with Gasteiger partial charge in [0.2, 0.25) is 0 Å². The highest BCUT2D eigenvalue weighted by Crippen LogP contribution is 2.34. The lowest BCUT2D eigenvalue weighted by Gasteiger charge is -2.06. The maximum absolute atomic E-state index is 12.3. The molecule has 3 aromatic rings. The minimum atomic E-state index is -3.95. The highest BCUT2D eigenvalue weighted by atomic mass is 32.2. The Morgan fingerprint density at radius 3 is 2.18 bits per heavy atom. The zero-order chi connectivity index (χ0) is 15.6. The van der Waals surface area contributed by atoms with Gasteiger partial charge in [0.15, 0.2) is 0 Å². The molecular formula is C16H13NO4S. The second-order valence-electron chi connectivity index (χ2n) is 4.64. The summed E-state index contributed by atoms with van der Waals surface area (Å²) < 4.78 is 34.8. The first kappa shape index (κ1) is 14.3. The van der Waals surface area contributed by atoms with Crippen LogP contribution >= 0.6 is 0 Å². The first-order chi connectivity index (χ1) is 10.6. The van der Waals surface area contributed by atoms with Crippen LogP contribution in [0.4, 0.5) is 0 Å². The van der Waals surface area contributed by atoms with Crippen LogP contribution in [0.15, 0.2) is 70.1 Å². The van der Waals surface area contributed by atoms with Gasteiger partial charge in [0.25, 0.3) is 5.88 Å². The monoisotopic (exact) mass is 315 g/mol. The lowest BCUT2D eigenvalue weighted by atomic mass is 10.1. The van der Waals surface area contributed by atoms with Crippen molar-refractivity contribution < 1.29 is 17.1 Å². The highest BCUT2D eigenvalue weighted by Gasteiger charge is 2.23. The van der Waals surface area contributed by atoms with Gasteiger partial charge < -0.3 is 8.71 Å². The van der Waals surface area contributed by atoms with E-state index < -0.39 is 10.1 Å². The van der Waals surface area contributed by atoms with Gasteiger partial charge in [-0.15, -0.1) is 0 Å².